The Morgan fingerprint density at radius 2 is 1.85 bits per heavy atom. The van der Waals surface area contributed by atoms with Crippen LogP contribution in [-0.4, -0.2) is 67.0 Å². The first-order valence-corrected chi connectivity index (χ1v) is 13.6. The molecule has 0 fully saturated rings. The predicted molar refractivity (Wildman–Crippen MR) is 148 cm³/mol. The fourth-order valence-electron chi connectivity index (χ4n) is 5.10. The van der Waals surface area contributed by atoms with Gasteiger partial charge in [0.05, 0.1) is 23.9 Å². The van der Waals surface area contributed by atoms with Gasteiger partial charge in [0, 0.05) is 26.8 Å². The quantitative estimate of drug-likeness (QED) is 0.397. The average molecular weight is 535 g/mol. The molecule has 39 heavy (non-hydrogen) atoms. The summed E-state index contributed by atoms with van der Waals surface area (Å²) < 4.78 is 11.1. The van der Waals surface area contributed by atoms with Crippen LogP contribution >= 0.6 is 0 Å². The first-order chi connectivity index (χ1) is 18.8. The molecule has 4 amide bonds. The highest BCUT2D eigenvalue weighted by molar-refractivity contribution is 6.03. The van der Waals surface area contributed by atoms with Crippen molar-refractivity contribution in [2.45, 2.75) is 45.7 Å². The van der Waals surface area contributed by atoms with Gasteiger partial charge in [-0.2, -0.15) is 0 Å². The van der Waals surface area contributed by atoms with E-state index in [2.05, 4.69) is 10.6 Å². The molecule has 9 nitrogen and oxygen atoms in total. The molecule has 9 heteroatoms. The van der Waals surface area contributed by atoms with Gasteiger partial charge in [-0.1, -0.05) is 44.2 Å². The molecule has 2 unspecified atom stereocenters. The van der Waals surface area contributed by atoms with Crippen molar-refractivity contribution < 1.29 is 23.9 Å². The number of hydrogen-bond donors (Lipinski definition) is 2. The van der Waals surface area contributed by atoms with Crippen molar-refractivity contribution in [2.24, 2.45) is 5.92 Å². The molecule has 0 aliphatic carbocycles. The number of benzene rings is 2. The summed E-state index contributed by atoms with van der Waals surface area (Å²) in [5, 5.41) is 5.98. The number of nitrogens with zero attached hydrogens (tertiary/aromatic N) is 2. The van der Waals surface area contributed by atoms with Crippen LogP contribution in [0.1, 0.15) is 45.2 Å². The van der Waals surface area contributed by atoms with Crippen molar-refractivity contribution in [3.05, 3.63) is 71.4 Å². The van der Waals surface area contributed by atoms with Crippen molar-refractivity contribution in [3.63, 3.8) is 0 Å². The van der Waals surface area contributed by atoms with Crippen LogP contribution in [-0.2, 0) is 14.3 Å². The molecule has 2 atom stereocenters. The fourth-order valence-corrected chi connectivity index (χ4v) is 5.10. The van der Waals surface area contributed by atoms with Crippen molar-refractivity contribution >= 4 is 17.8 Å². The Balaban J connectivity index is 1.63. The summed E-state index contributed by atoms with van der Waals surface area (Å²) in [5.74, 6) is 1.06. The van der Waals surface area contributed by atoms with Crippen molar-refractivity contribution in [1.82, 2.24) is 20.4 Å². The van der Waals surface area contributed by atoms with Gasteiger partial charge in [0.25, 0.3) is 5.91 Å². The number of methoxy groups -OCH3 is 1. The number of carbonyl (C=O) groups excluding carboxylic acids is 3. The maximum absolute atomic E-state index is 14.0. The van der Waals surface area contributed by atoms with Crippen LogP contribution in [0.2, 0.25) is 0 Å². The van der Waals surface area contributed by atoms with E-state index in [4.69, 9.17) is 9.47 Å². The topological polar surface area (TPSA) is 100 Å². The van der Waals surface area contributed by atoms with Crippen LogP contribution in [0.25, 0.3) is 0 Å². The van der Waals surface area contributed by atoms with E-state index in [1.54, 1.807) is 16.9 Å². The van der Waals surface area contributed by atoms with Gasteiger partial charge in [-0.05, 0) is 55.5 Å². The summed E-state index contributed by atoms with van der Waals surface area (Å²) in [6, 6.07) is 15.3. The Kier molecular flexibility index (Phi) is 9.24. The van der Waals surface area contributed by atoms with Crippen molar-refractivity contribution in [2.75, 3.05) is 33.4 Å². The summed E-state index contributed by atoms with van der Waals surface area (Å²) in [6.07, 6.45) is 1.20. The van der Waals surface area contributed by atoms with Gasteiger partial charge in [-0.3, -0.25) is 14.5 Å². The standard InChI is InChI=1S/C30H38N4O5/c1-5-33-25-19-34(24(17-20(2)3)28(35)31-15-10-16-38-4)29(36)26(25)27(32-30(33)37)21-11-9-14-23(18-21)39-22-12-7-6-8-13-22/h6-9,11-14,18,20,24,27H,5,10,15-17,19H2,1-4H3,(H,31,35)(H,32,37). The Morgan fingerprint density at radius 3 is 2.54 bits per heavy atom. The van der Waals surface area contributed by atoms with Crippen molar-refractivity contribution in [3.8, 4) is 11.5 Å². The second kappa shape index (κ2) is 12.8. The molecule has 0 saturated heterocycles. The summed E-state index contributed by atoms with van der Waals surface area (Å²) in [6.45, 7) is 7.56. The number of carbonyl (C=O) groups is 3. The molecule has 208 valence electrons. The van der Waals surface area contributed by atoms with E-state index in [9.17, 15) is 14.4 Å². The molecular weight excluding hydrogens is 496 g/mol. The van der Waals surface area contributed by atoms with Crippen LogP contribution in [0.4, 0.5) is 4.79 Å². The normalized spacial score (nSPS) is 17.8. The first kappa shape index (κ1) is 28.2. The Labute approximate surface area is 230 Å². The van der Waals surface area contributed by atoms with Crippen LogP contribution in [0.15, 0.2) is 65.9 Å². The highest BCUT2D eigenvalue weighted by Gasteiger charge is 2.46. The third-order valence-electron chi connectivity index (χ3n) is 6.93. The third kappa shape index (κ3) is 6.42. The van der Waals surface area contributed by atoms with Gasteiger partial charge in [0.2, 0.25) is 5.91 Å². The molecule has 4 rings (SSSR count). The molecule has 2 aromatic carbocycles. The lowest BCUT2D eigenvalue weighted by Gasteiger charge is -2.33. The Hall–Kier alpha value is -3.85. The zero-order valence-electron chi connectivity index (χ0n) is 23.1. The van der Waals surface area contributed by atoms with E-state index in [0.29, 0.717) is 55.3 Å². The summed E-state index contributed by atoms with van der Waals surface area (Å²) in [5.41, 5.74) is 1.88. The Morgan fingerprint density at radius 1 is 1.10 bits per heavy atom. The average Bonchev–Trinajstić information content (AvgIpc) is 3.26. The number of nitrogens with one attached hydrogen (secondary N) is 2. The van der Waals surface area contributed by atoms with E-state index < -0.39 is 12.1 Å². The number of amides is 4. The zero-order chi connectivity index (χ0) is 27.9. The van der Waals surface area contributed by atoms with Crippen molar-refractivity contribution in [1.29, 1.82) is 0 Å². The Bertz CT molecular complexity index is 1210. The van der Waals surface area contributed by atoms with Gasteiger partial charge in [-0.25, -0.2) is 4.79 Å². The lowest BCUT2D eigenvalue weighted by atomic mass is 9.95. The minimum absolute atomic E-state index is 0.190. The second-order valence-corrected chi connectivity index (χ2v) is 10.2. The molecule has 2 heterocycles. The molecule has 2 aliphatic rings. The number of rotatable bonds is 12. The van der Waals surface area contributed by atoms with Crippen LogP contribution in [0.5, 0.6) is 11.5 Å². The monoisotopic (exact) mass is 534 g/mol. The largest absolute Gasteiger partial charge is 0.457 e. The zero-order valence-corrected chi connectivity index (χ0v) is 23.1. The highest BCUT2D eigenvalue weighted by Crippen LogP contribution is 2.38. The molecule has 2 aliphatic heterocycles. The number of para-hydroxylation sites is 1. The van der Waals surface area contributed by atoms with Gasteiger partial charge in [0.15, 0.2) is 0 Å². The molecule has 2 aromatic rings. The second-order valence-electron chi connectivity index (χ2n) is 10.2. The molecule has 2 N–H and O–H groups in total. The smallest absolute Gasteiger partial charge is 0.322 e. The summed E-state index contributed by atoms with van der Waals surface area (Å²) in [7, 11) is 1.62. The lowest BCUT2D eigenvalue weighted by molar-refractivity contribution is -0.137. The van der Waals surface area contributed by atoms with E-state index in [-0.39, 0.29) is 30.3 Å². The predicted octanol–water partition coefficient (Wildman–Crippen LogP) is 4.23. The first-order valence-electron chi connectivity index (χ1n) is 13.6. The summed E-state index contributed by atoms with van der Waals surface area (Å²) in [4.78, 5) is 43.7. The lowest BCUT2D eigenvalue weighted by Crippen LogP contribution is -2.49. The van der Waals surface area contributed by atoms with Gasteiger partial charge in [0.1, 0.15) is 17.5 Å². The minimum atomic E-state index is -0.656. The van der Waals surface area contributed by atoms with E-state index >= 15 is 0 Å². The summed E-state index contributed by atoms with van der Waals surface area (Å²) >= 11 is 0. The highest BCUT2D eigenvalue weighted by atomic mass is 16.5. The van der Waals surface area contributed by atoms with E-state index in [0.717, 1.165) is 5.56 Å². The number of urea groups is 1. The molecule has 0 bridgehead atoms. The maximum Gasteiger partial charge on any atom is 0.322 e. The molecule has 0 spiro atoms. The van der Waals surface area contributed by atoms with Gasteiger partial charge >= 0.3 is 6.03 Å². The molecular formula is C30H38N4O5. The van der Waals surface area contributed by atoms with E-state index in [1.807, 2.05) is 75.4 Å². The SMILES string of the molecule is CCN1C(=O)NC(c2cccc(Oc3ccccc3)c2)C2=C1CN(C(CC(C)C)C(=O)NCCCOC)C2=O. The number of likely N-dealkylation sites (N-methyl/N-ethyl adjacent to an activating group) is 1. The fraction of sp³-hybridized carbons (Fsp3) is 0.433. The van der Waals surface area contributed by atoms with E-state index in [1.165, 1.54) is 0 Å². The van der Waals surface area contributed by atoms with Gasteiger partial charge < -0.3 is 25.0 Å². The van der Waals surface area contributed by atoms with Crippen LogP contribution < -0.4 is 15.4 Å². The number of hydrogen-bond acceptors (Lipinski definition) is 5. The van der Waals surface area contributed by atoms with Crippen LogP contribution in [0, 0.1) is 5.92 Å². The minimum Gasteiger partial charge on any atom is -0.457 e. The third-order valence-corrected chi connectivity index (χ3v) is 6.93. The maximum atomic E-state index is 14.0. The molecule has 0 aromatic heterocycles. The molecule has 0 saturated carbocycles. The van der Waals surface area contributed by atoms with Gasteiger partial charge in [-0.15, -0.1) is 0 Å². The molecule has 0 radical (unpaired) electrons. The number of ether oxygens (including phenoxy) is 2. The van der Waals surface area contributed by atoms with Crippen LogP contribution in [0.3, 0.4) is 0 Å².